The van der Waals surface area contributed by atoms with Crippen molar-refractivity contribution in [2.75, 3.05) is 0 Å². The summed E-state index contributed by atoms with van der Waals surface area (Å²) in [5.74, 6) is 0. The number of hydrogen-bond donors (Lipinski definition) is 0. The van der Waals surface area contributed by atoms with Gasteiger partial charge < -0.3 is 0 Å². The molecule has 0 saturated heterocycles. The van der Waals surface area contributed by atoms with Crippen molar-refractivity contribution in [1.82, 2.24) is 0 Å². The van der Waals surface area contributed by atoms with Gasteiger partial charge in [-0.15, -0.1) is 9.24 Å². The second-order valence-corrected chi connectivity index (χ2v) is 8.03. The van der Waals surface area contributed by atoms with Gasteiger partial charge in [0.25, 0.3) is 0 Å². The van der Waals surface area contributed by atoms with E-state index in [4.69, 9.17) is 0 Å². The molecule has 2 saturated carbocycles. The predicted octanol–water partition coefficient (Wildman–Crippen LogP) is 4.33. The van der Waals surface area contributed by atoms with Gasteiger partial charge in [-0.2, -0.15) is 0 Å². The van der Waals surface area contributed by atoms with Crippen LogP contribution in [0.2, 0.25) is 4.39 Å². The number of hydrogen-bond acceptors (Lipinski definition) is 0. The summed E-state index contributed by atoms with van der Waals surface area (Å²) >= 11 is 3.36. The third kappa shape index (κ3) is 7.45. The summed E-state index contributed by atoms with van der Waals surface area (Å²) in [6.45, 7) is 0. The Labute approximate surface area is 111 Å². The Morgan fingerprint density at radius 2 is 1.33 bits per heavy atom. The Morgan fingerprint density at radius 1 is 0.733 bits per heavy atom. The molecule has 0 aliphatic heterocycles. The summed E-state index contributed by atoms with van der Waals surface area (Å²) in [6, 6.07) is 0. The molecule has 4 unspecified atom stereocenters. The molecule has 0 spiro atoms. The van der Waals surface area contributed by atoms with Gasteiger partial charge in [-0.25, -0.2) is 0 Å². The van der Waals surface area contributed by atoms with Crippen LogP contribution in [0, 0.1) is 0 Å². The van der Waals surface area contributed by atoms with Gasteiger partial charge in [-0.1, -0.05) is 19.3 Å². The molecule has 4 atom stereocenters. The van der Waals surface area contributed by atoms with Crippen LogP contribution in [0.5, 0.6) is 0 Å². The second kappa shape index (κ2) is 8.59. The van der Waals surface area contributed by atoms with Crippen molar-refractivity contribution in [3.8, 4) is 0 Å². The minimum atomic E-state index is 0.842. The van der Waals surface area contributed by atoms with Crippen LogP contribution in [0.4, 0.5) is 0 Å². The average molecular weight is 338 g/mol. The zero-order valence-corrected chi connectivity index (χ0v) is 13.4. The normalized spacial score (nSPS) is 33.1. The van der Waals surface area contributed by atoms with E-state index in [1.54, 1.807) is 0 Å². The first-order valence-corrected chi connectivity index (χ1v) is 8.53. The van der Waals surface area contributed by atoms with Gasteiger partial charge in [0.1, 0.15) is 0 Å². The van der Waals surface area contributed by atoms with E-state index >= 15 is 0 Å². The Morgan fingerprint density at radius 3 is 1.67 bits per heavy atom. The molecule has 0 N–H and O–H groups in total. The molecular weight excluding hydrogens is 312 g/mol. The van der Waals surface area contributed by atoms with Gasteiger partial charge in [-0.05, 0) is 18.5 Å². The molecule has 0 nitrogen and oxygen atoms in total. The quantitative estimate of drug-likeness (QED) is 0.456. The van der Waals surface area contributed by atoms with Crippen molar-refractivity contribution in [2.45, 2.75) is 73.5 Å². The molecule has 2 aliphatic rings. The summed E-state index contributed by atoms with van der Waals surface area (Å²) in [5.41, 5.74) is 1.84. The van der Waals surface area contributed by atoms with Crippen molar-refractivity contribution in [3.63, 3.8) is 0 Å². The van der Waals surface area contributed by atoms with Crippen LogP contribution in [0.25, 0.3) is 0 Å². The first-order valence-electron chi connectivity index (χ1n) is 6.30. The maximum atomic E-state index is 3.36. The Hall–Kier alpha value is 1.52. The van der Waals surface area contributed by atoms with Gasteiger partial charge in [0.15, 0.2) is 0 Å². The van der Waals surface area contributed by atoms with Crippen LogP contribution in [-0.4, -0.2) is 11.3 Å². The van der Waals surface area contributed by atoms with Gasteiger partial charge in [-0.3, -0.25) is 0 Å². The van der Waals surface area contributed by atoms with Crippen LogP contribution in [0.3, 0.4) is 0 Å². The Kier molecular flexibility index (Phi) is 8.35. The fourth-order valence-electron chi connectivity index (χ4n) is 2.27. The van der Waals surface area contributed by atoms with Gasteiger partial charge in [0, 0.05) is 0 Å². The SMILES string of the molecule is PC1CCCCC1.PC1CCC[CH]([Pd])C1. The molecule has 0 amide bonds. The third-order valence-electron chi connectivity index (χ3n) is 3.27. The summed E-state index contributed by atoms with van der Waals surface area (Å²) < 4.78 is 0.842. The maximum absolute atomic E-state index is 3.36. The summed E-state index contributed by atoms with van der Waals surface area (Å²) in [5, 5.41) is 0. The second-order valence-electron chi connectivity index (χ2n) is 4.87. The summed E-state index contributed by atoms with van der Waals surface area (Å²) in [4.78, 5) is 0. The minimum absolute atomic E-state index is 0.842. The topological polar surface area (TPSA) is 0 Å². The molecular formula is C12H25P2Pd. The van der Waals surface area contributed by atoms with Gasteiger partial charge in [0.2, 0.25) is 0 Å². The molecule has 2 fully saturated rings. The molecule has 0 bridgehead atoms. The van der Waals surface area contributed by atoms with E-state index in [1.165, 1.54) is 57.8 Å². The molecule has 3 heteroatoms. The summed E-state index contributed by atoms with van der Waals surface area (Å²) in [6.07, 6.45) is 12.9. The predicted molar refractivity (Wildman–Crippen MR) is 72.3 cm³/mol. The first-order chi connectivity index (χ1) is 7.18. The van der Waals surface area contributed by atoms with Crippen LogP contribution in [0.1, 0.15) is 57.8 Å². The fraction of sp³-hybridized carbons (Fsp3) is 1.00. The van der Waals surface area contributed by atoms with Crippen LogP contribution in [0.15, 0.2) is 0 Å². The van der Waals surface area contributed by atoms with Crippen molar-refractivity contribution in [3.05, 3.63) is 0 Å². The molecule has 2 aliphatic carbocycles. The van der Waals surface area contributed by atoms with E-state index in [0.29, 0.717) is 0 Å². The van der Waals surface area contributed by atoms with E-state index in [9.17, 15) is 0 Å². The zero-order chi connectivity index (χ0) is 11.1. The van der Waals surface area contributed by atoms with Crippen molar-refractivity contribution >= 4 is 18.5 Å². The first kappa shape index (κ1) is 14.6. The standard InChI is InChI=1S/C6H13P.C6H12P.Pd/c2*7-6-4-2-1-3-5-6;/h6H,1-5,7H2;2,6H,1,3-5,7H2;. The van der Waals surface area contributed by atoms with Crippen LogP contribution in [-0.2, 0) is 19.2 Å². The molecule has 0 radical (unpaired) electrons. The number of rotatable bonds is 0. The fourth-order valence-corrected chi connectivity index (χ4v) is 4.47. The average Bonchev–Trinajstić information content (AvgIpc) is 2.19. The molecule has 15 heavy (non-hydrogen) atoms. The van der Waals surface area contributed by atoms with E-state index in [-0.39, 0.29) is 0 Å². The Balaban J connectivity index is 0.000000151. The monoisotopic (exact) mass is 337 g/mol. The van der Waals surface area contributed by atoms with E-state index in [2.05, 4.69) is 37.7 Å². The van der Waals surface area contributed by atoms with E-state index in [0.717, 1.165) is 15.7 Å². The molecule has 0 aromatic rings. The van der Waals surface area contributed by atoms with Gasteiger partial charge >= 0.3 is 64.2 Å². The van der Waals surface area contributed by atoms with Crippen LogP contribution < -0.4 is 0 Å². The van der Waals surface area contributed by atoms with E-state index in [1.807, 2.05) is 0 Å². The zero-order valence-electron chi connectivity index (χ0n) is 9.57. The molecule has 0 aromatic carbocycles. The molecule has 93 valence electrons. The molecule has 0 aromatic heterocycles. The van der Waals surface area contributed by atoms with Crippen molar-refractivity contribution in [1.29, 1.82) is 0 Å². The van der Waals surface area contributed by atoms with Crippen molar-refractivity contribution < 1.29 is 19.2 Å². The third-order valence-corrected chi connectivity index (χ3v) is 5.36. The molecule has 0 heterocycles. The summed E-state index contributed by atoms with van der Waals surface area (Å²) in [7, 11) is 5.81. The van der Waals surface area contributed by atoms with E-state index < -0.39 is 0 Å². The van der Waals surface area contributed by atoms with Crippen molar-refractivity contribution in [2.24, 2.45) is 0 Å². The van der Waals surface area contributed by atoms with Crippen LogP contribution >= 0.6 is 18.5 Å². The Bertz CT molecular complexity index is 150. The van der Waals surface area contributed by atoms with Gasteiger partial charge in [0.05, 0.1) is 0 Å². The molecule has 2 rings (SSSR count).